The van der Waals surface area contributed by atoms with Crippen LogP contribution in [0.25, 0.3) is 10.9 Å². The minimum Gasteiger partial charge on any atom is -0.460 e. The third-order valence-corrected chi connectivity index (χ3v) is 5.07. The van der Waals surface area contributed by atoms with Gasteiger partial charge in [-0.2, -0.15) is 0 Å². The molecule has 5 atom stereocenters. The lowest BCUT2D eigenvalue weighted by Crippen LogP contribution is -2.60. The van der Waals surface area contributed by atoms with Gasteiger partial charge < -0.3 is 34.9 Å². The Bertz CT molecular complexity index is 708. The molecule has 126 valence electrons. The van der Waals surface area contributed by atoms with Crippen LogP contribution in [0, 0.1) is 0 Å². The van der Waals surface area contributed by atoms with E-state index in [1.54, 1.807) is 18.3 Å². The van der Waals surface area contributed by atoms with Gasteiger partial charge in [-0.1, -0.05) is 11.6 Å². The molecule has 2 aromatic rings. The number of fused-ring (bicyclic) bond motifs is 1. The van der Waals surface area contributed by atoms with E-state index in [1.807, 2.05) is 0 Å². The van der Waals surface area contributed by atoms with Crippen molar-refractivity contribution in [1.82, 2.24) is 4.98 Å². The summed E-state index contributed by atoms with van der Waals surface area (Å²) in [7, 11) is 0. The molecular formula is C14H15BrClNO6. The number of aromatic amines is 1. The maximum atomic E-state index is 10.0. The third kappa shape index (κ3) is 2.96. The average Bonchev–Trinajstić information content (AvgIpc) is 2.95. The third-order valence-electron chi connectivity index (χ3n) is 3.79. The minimum atomic E-state index is -1.50. The van der Waals surface area contributed by atoms with E-state index in [-0.39, 0.29) is 0 Å². The zero-order chi connectivity index (χ0) is 16.7. The van der Waals surface area contributed by atoms with Gasteiger partial charge in [0.15, 0.2) is 0 Å². The molecule has 0 aliphatic carbocycles. The number of hydrogen-bond donors (Lipinski definition) is 5. The fraction of sp³-hybridized carbons (Fsp3) is 0.429. The van der Waals surface area contributed by atoms with Crippen molar-refractivity contribution >= 4 is 38.4 Å². The van der Waals surface area contributed by atoms with Gasteiger partial charge in [0.2, 0.25) is 6.29 Å². The lowest BCUT2D eigenvalue weighted by Gasteiger charge is -2.39. The molecule has 0 unspecified atom stereocenters. The molecule has 0 bridgehead atoms. The van der Waals surface area contributed by atoms with Crippen LogP contribution >= 0.6 is 27.5 Å². The Morgan fingerprint density at radius 2 is 1.96 bits per heavy atom. The molecule has 0 saturated carbocycles. The van der Waals surface area contributed by atoms with Crippen LogP contribution in [0.2, 0.25) is 5.02 Å². The SMILES string of the molecule is OC[C@@H]1O[C@H](Oc2c[nH]c3ccc(Br)c(Cl)c23)[C@H](O)[C@H](O)[C@H]1O. The largest absolute Gasteiger partial charge is 0.460 e. The van der Waals surface area contributed by atoms with E-state index in [0.717, 1.165) is 5.52 Å². The molecule has 23 heavy (non-hydrogen) atoms. The molecule has 5 N–H and O–H groups in total. The van der Waals surface area contributed by atoms with E-state index in [4.69, 9.17) is 21.1 Å². The summed E-state index contributed by atoms with van der Waals surface area (Å²) in [6, 6.07) is 3.57. The normalized spacial score (nSPS) is 31.5. The zero-order valence-electron chi connectivity index (χ0n) is 11.7. The van der Waals surface area contributed by atoms with Crippen molar-refractivity contribution in [3.8, 4) is 5.75 Å². The van der Waals surface area contributed by atoms with Gasteiger partial charge in [-0.25, -0.2) is 0 Å². The summed E-state index contributed by atoms with van der Waals surface area (Å²) in [5.41, 5.74) is 0.720. The second-order valence-corrected chi connectivity index (χ2v) is 6.48. The highest BCUT2D eigenvalue weighted by Gasteiger charge is 2.44. The van der Waals surface area contributed by atoms with Crippen molar-refractivity contribution in [1.29, 1.82) is 0 Å². The molecular weight excluding hydrogens is 394 g/mol. The molecule has 7 nitrogen and oxygen atoms in total. The lowest BCUT2D eigenvalue weighted by atomic mass is 9.99. The minimum absolute atomic E-state index is 0.315. The summed E-state index contributed by atoms with van der Waals surface area (Å²) in [5.74, 6) is 0.315. The van der Waals surface area contributed by atoms with Gasteiger partial charge in [-0.15, -0.1) is 0 Å². The van der Waals surface area contributed by atoms with E-state index in [0.29, 0.717) is 20.6 Å². The molecule has 0 radical (unpaired) electrons. The summed E-state index contributed by atoms with van der Waals surface area (Å²) in [6.45, 7) is -0.523. The predicted octanol–water partition coefficient (Wildman–Crippen LogP) is 0.762. The molecule has 1 saturated heterocycles. The first-order valence-electron chi connectivity index (χ1n) is 6.86. The molecule has 1 fully saturated rings. The number of benzene rings is 1. The van der Waals surface area contributed by atoms with Crippen LogP contribution in [-0.2, 0) is 4.74 Å². The van der Waals surface area contributed by atoms with Crippen LogP contribution in [-0.4, -0.2) is 62.7 Å². The molecule has 0 spiro atoms. The van der Waals surface area contributed by atoms with Gasteiger partial charge in [0.25, 0.3) is 0 Å². The first-order chi connectivity index (χ1) is 10.9. The first kappa shape index (κ1) is 17.0. The summed E-state index contributed by atoms with van der Waals surface area (Å²) >= 11 is 9.58. The van der Waals surface area contributed by atoms with Crippen molar-refractivity contribution in [2.45, 2.75) is 30.7 Å². The maximum absolute atomic E-state index is 10.0. The maximum Gasteiger partial charge on any atom is 0.229 e. The second-order valence-electron chi connectivity index (χ2n) is 5.25. The van der Waals surface area contributed by atoms with Crippen molar-refractivity contribution in [2.24, 2.45) is 0 Å². The van der Waals surface area contributed by atoms with E-state index in [2.05, 4.69) is 20.9 Å². The number of hydrogen-bond acceptors (Lipinski definition) is 6. The van der Waals surface area contributed by atoms with Crippen molar-refractivity contribution in [2.75, 3.05) is 6.61 Å². The molecule has 1 aliphatic heterocycles. The number of nitrogens with one attached hydrogen (secondary N) is 1. The van der Waals surface area contributed by atoms with Gasteiger partial charge in [-0.3, -0.25) is 0 Å². The number of aromatic nitrogens is 1. The van der Waals surface area contributed by atoms with Crippen LogP contribution < -0.4 is 4.74 Å². The van der Waals surface area contributed by atoms with E-state index < -0.39 is 37.3 Å². The van der Waals surface area contributed by atoms with Crippen LogP contribution in [0.3, 0.4) is 0 Å². The van der Waals surface area contributed by atoms with Gasteiger partial charge >= 0.3 is 0 Å². The van der Waals surface area contributed by atoms with Crippen molar-refractivity contribution in [3.05, 3.63) is 27.8 Å². The topological polar surface area (TPSA) is 115 Å². The lowest BCUT2D eigenvalue weighted by molar-refractivity contribution is -0.277. The van der Waals surface area contributed by atoms with Gasteiger partial charge in [0.05, 0.1) is 22.5 Å². The number of aliphatic hydroxyl groups excluding tert-OH is 4. The number of aliphatic hydroxyl groups is 4. The highest BCUT2D eigenvalue weighted by Crippen LogP contribution is 2.38. The van der Waals surface area contributed by atoms with Crippen LogP contribution in [0.15, 0.2) is 22.8 Å². The van der Waals surface area contributed by atoms with E-state index in [9.17, 15) is 20.4 Å². The average molecular weight is 409 g/mol. The fourth-order valence-electron chi connectivity index (χ4n) is 2.51. The van der Waals surface area contributed by atoms with Crippen LogP contribution in [0.4, 0.5) is 0 Å². The highest BCUT2D eigenvalue weighted by molar-refractivity contribution is 9.10. The molecule has 2 heterocycles. The molecule has 9 heteroatoms. The van der Waals surface area contributed by atoms with Gasteiger partial charge in [-0.05, 0) is 28.1 Å². The molecule has 1 aliphatic rings. The first-order valence-corrected chi connectivity index (χ1v) is 8.03. The quantitative estimate of drug-likeness (QED) is 0.512. The summed E-state index contributed by atoms with van der Waals surface area (Å²) in [4.78, 5) is 2.98. The zero-order valence-corrected chi connectivity index (χ0v) is 14.0. The van der Waals surface area contributed by atoms with Gasteiger partial charge in [0.1, 0.15) is 30.2 Å². The molecule has 3 rings (SSSR count). The highest BCUT2D eigenvalue weighted by atomic mass is 79.9. The molecule has 1 aromatic heterocycles. The molecule has 0 amide bonds. The fourth-order valence-corrected chi connectivity index (χ4v) is 3.10. The van der Waals surface area contributed by atoms with Crippen LogP contribution in [0.1, 0.15) is 0 Å². The van der Waals surface area contributed by atoms with E-state index >= 15 is 0 Å². The summed E-state index contributed by atoms with van der Waals surface area (Å²) < 4.78 is 11.6. The van der Waals surface area contributed by atoms with Crippen molar-refractivity contribution in [3.63, 3.8) is 0 Å². The van der Waals surface area contributed by atoms with Crippen molar-refractivity contribution < 1.29 is 29.9 Å². The second kappa shape index (κ2) is 6.56. The molecule has 1 aromatic carbocycles. The van der Waals surface area contributed by atoms with Crippen LogP contribution in [0.5, 0.6) is 5.75 Å². The van der Waals surface area contributed by atoms with Gasteiger partial charge in [0, 0.05) is 10.7 Å². The number of ether oxygens (including phenoxy) is 2. The number of H-pyrrole nitrogens is 1. The Hall–Kier alpha value is -0.870. The Morgan fingerprint density at radius 1 is 1.22 bits per heavy atom. The Labute approximate surface area is 144 Å². The monoisotopic (exact) mass is 407 g/mol. The summed E-state index contributed by atoms with van der Waals surface area (Å²) in [6.07, 6.45) is -5.17. The summed E-state index contributed by atoms with van der Waals surface area (Å²) in [5, 5.41) is 39.8. The van der Waals surface area contributed by atoms with E-state index in [1.165, 1.54) is 0 Å². The predicted molar refractivity (Wildman–Crippen MR) is 85.4 cm³/mol. The Morgan fingerprint density at radius 3 is 2.65 bits per heavy atom. The number of halogens is 2. The smallest absolute Gasteiger partial charge is 0.229 e. The Kier molecular flexibility index (Phi) is 4.84. The Balaban J connectivity index is 1.91. The number of rotatable bonds is 3. The standard InChI is InChI=1S/C14H15BrClNO6/c15-5-1-2-6-9(10(5)16)7(3-17-6)22-14-13(21)12(20)11(19)8(4-18)23-14/h1-3,8,11-14,17-21H,4H2/t8-,11-,12+,13+,14-/m0/s1.